The Bertz CT molecular complexity index is 614. The monoisotopic (exact) mass is 272 g/mol. The summed E-state index contributed by atoms with van der Waals surface area (Å²) in [5.41, 5.74) is 5.46. The summed E-state index contributed by atoms with van der Waals surface area (Å²) in [4.78, 5) is 21.7. The lowest BCUT2D eigenvalue weighted by Crippen LogP contribution is -2.11. The number of carbonyl (C=O) groups is 1. The molecule has 2 rings (SSSR count). The SMILES string of the molecule is NC(=O)c1ccc(N=O)c(OCOc2ccccc2)c1. The number of hydrogen-bond donors (Lipinski definition) is 1. The number of nitrogens with zero attached hydrogens (tertiary/aromatic N) is 1. The highest BCUT2D eigenvalue weighted by atomic mass is 16.7. The third-order valence-electron chi connectivity index (χ3n) is 2.53. The van der Waals surface area contributed by atoms with Crippen molar-refractivity contribution in [1.82, 2.24) is 0 Å². The van der Waals surface area contributed by atoms with Crippen LogP contribution in [-0.4, -0.2) is 12.7 Å². The number of hydrogen-bond acceptors (Lipinski definition) is 5. The number of ether oxygens (including phenoxy) is 2. The first kappa shape index (κ1) is 13.5. The van der Waals surface area contributed by atoms with Gasteiger partial charge in [-0.15, -0.1) is 4.91 Å². The van der Waals surface area contributed by atoms with Crippen molar-refractivity contribution in [3.63, 3.8) is 0 Å². The molecule has 0 heterocycles. The maximum Gasteiger partial charge on any atom is 0.248 e. The van der Waals surface area contributed by atoms with E-state index < -0.39 is 5.91 Å². The molecular weight excluding hydrogens is 260 g/mol. The normalized spacial score (nSPS) is 9.80. The van der Waals surface area contributed by atoms with E-state index >= 15 is 0 Å². The second-order valence-electron chi connectivity index (χ2n) is 3.86. The number of primary amides is 1. The minimum atomic E-state index is -0.615. The van der Waals surface area contributed by atoms with E-state index in [1.807, 2.05) is 18.2 Å². The Hall–Kier alpha value is -2.89. The van der Waals surface area contributed by atoms with Crippen molar-refractivity contribution in [1.29, 1.82) is 0 Å². The molecule has 6 heteroatoms. The third-order valence-corrected chi connectivity index (χ3v) is 2.53. The fourth-order valence-corrected chi connectivity index (χ4v) is 1.54. The quantitative estimate of drug-likeness (QED) is 0.646. The zero-order valence-corrected chi connectivity index (χ0v) is 10.5. The Balaban J connectivity index is 2.06. The number of nitrogens with two attached hydrogens (primary N) is 1. The number of nitroso groups, excluding NO2 is 1. The van der Waals surface area contributed by atoms with Gasteiger partial charge in [-0.05, 0) is 35.5 Å². The lowest BCUT2D eigenvalue weighted by Gasteiger charge is -2.10. The second-order valence-corrected chi connectivity index (χ2v) is 3.86. The summed E-state index contributed by atoms with van der Waals surface area (Å²) in [5.74, 6) is 0.155. The molecule has 0 spiro atoms. The standard InChI is InChI=1S/C14H12N2O4/c15-14(17)10-6-7-12(16-18)13(8-10)20-9-19-11-4-2-1-3-5-11/h1-8H,9H2,(H2,15,17). The summed E-state index contributed by atoms with van der Waals surface area (Å²) in [7, 11) is 0. The number of amides is 1. The molecule has 2 N–H and O–H groups in total. The molecule has 1 amide bonds. The molecule has 0 unspecified atom stereocenters. The van der Waals surface area contributed by atoms with Crippen molar-refractivity contribution in [2.75, 3.05) is 6.79 Å². The van der Waals surface area contributed by atoms with E-state index in [4.69, 9.17) is 15.2 Å². The van der Waals surface area contributed by atoms with Crippen LogP contribution < -0.4 is 15.2 Å². The van der Waals surface area contributed by atoms with E-state index in [2.05, 4.69) is 5.18 Å². The Morgan fingerprint density at radius 3 is 2.50 bits per heavy atom. The van der Waals surface area contributed by atoms with Crippen molar-refractivity contribution >= 4 is 11.6 Å². The Morgan fingerprint density at radius 1 is 1.10 bits per heavy atom. The number of para-hydroxylation sites is 1. The van der Waals surface area contributed by atoms with E-state index in [0.717, 1.165) is 0 Å². The van der Waals surface area contributed by atoms with Crippen LogP contribution in [0, 0.1) is 4.91 Å². The van der Waals surface area contributed by atoms with Crippen LogP contribution in [0.4, 0.5) is 5.69 Å². The van der Waals surface area contributed by atoms with Crippen molar-refractivity contribution in [2.45, 2.75) is 0 Å². The molecule has 102 valence electrons. The van der Waals surface area contributed by atoms with Crippen LogP contribution in [0.25, 0.3) is 0 Å². The van der Waals surface area contributed by atoms with Gasteiger partial charge in [0, 0.05) is 5.56 Å². The molecule has 20 heavy (non-hydrogen) atoms. The molecule has 0 saturated heterocycles. The number of benzene rings is 2. The predicted molar refractivity (Wildman–Crippen MR) is 73.0 cm³/mol. The predicted octanol–water partition coefficient (Wildman–Crippen LogP) is 2.60. The van der Waals surface area contributed by atoms with Crippen LogP contribution in [0.5, 0.6) is 11.5 Å². The molecule has 0 fully saturated rings. The van der Waals surface area contributed by atoms with Crippen LogP contribution in [0.15, 0.2) is 53.7 Å². The molecule has 0 aromatic heterocycles. The molecule has 0 radical (unpaired) electrons. The van der Waals surface area contributed by atoms with Gasteiger partial charge in [-0.25, -0.2) is 0 Å². The highest BCUT2D eigenvalue weighted by molar-refractivity contribution is 5.93. The van der Waals surface area contributed by atoms with Crippen LogP contribution in [0.1, 0.15) is 10.4 Å². The number of carbonyl (C=O) groups excluding carboxylic acids is 1. The lowest BCUT2D eigenvalue weighted by molar-refractivity contribution is 0.0997. The smallest absolute Gasteiger partial charge is 0.248 e. The van der Waals surface area contributed by atoms with E-state index in [9.17, 15) is 9.70 Å². The van der Waals surface area contributed by atoms with Crippen molar-refractivity contribution in [3.05, 3.63) is 59.0 Å². The molecule has 2 aromatic rings. The minimum Gasteiger partial charge on any atom is -0.458 e. The van der Waals surface area contributed by atoms with E-state index in [0.29, 0.717) is 5.75 Å². The zero-order valence-electron chi connectivity index (χ0n) is 10.5. The maximum atomic E-state index is 11.1. The highest BCUT2D eigenvalue weighted by Crippen LogP contribution is 2.28. The molecule has 0 saturated carbocycles. The summed E-state index contributed by atoms with van der Waals surface area (Å²) >= 11 is 0. The Labute approximate surface area is 115 Å². The van der Waals surface area contributed by atoms with Gasteiger partial charge in [0.1, 0.15) is 11.4 Å². The van der Waals surface area contributed by atoms with Gasteiger partial charge in [0.15, 0.2) is 5.75 Å². The van der Waals surface area contributed by atoms with Crippen molar-refractivity contribution in [2.24, 2.45) is 10.9 Å². The van der Waals surface area contributed by atoms with Gasteiger partial charge in [-0.3, -0.25) is 4.79 Å². The summed E-state index contributed by atoms with van der Waals surface area (Å²) in [6.45, 7) is -0.116. The Kier molecular flexibility index (Phi) is 4.28. The molecule has 0 aliphatic heterocycles. The molecule has 0 aliphatic carbocycles. The second kappa shape index (κ2) is 6.33. The fraction of sp³-hybridized carbons (Fsp3) is 0.0714. The molecule has 0 atom stereocenters. The number of rotatable bonds is 6. The fourth-order valence-electron chi connectivity index (χ4n) is 1.54. The van der Waals surface area contributed by atoms with Crippen LogP contribution >= 0.6 is 0 Å². The molecule has 0 aliphatic rings. The van der Waals surface area contributed by atoms with Gasteiger partial charge in [0.05, 0.1) is 0 Å². The summed E-state index contributed by atoms with van der Waals surface area (Å²) in [5, 5.41) is 2.81. The van der Waals surface area contributed by atoms with Gasteiger partial charge < -0.3 is 15.2 Å². The zero-order chi connectivity index (χ0) is 14.4. The minimum absolute atomic E-state index is 0.0756. The van der Waals surface area contributed by atoms with E-state index in [1.165, 1.54) is 18.2 Å². The molecular formula is C14H12N2O4. The van der Waals surface area contributed by atoms with E-state index in [-0.39, 0.29) is 23.8 Å². The van der Waals surface area contributed by atoms with Crippen molar-refractivity contribution < 1.29 is 14.3 Å². The summed E-state index contributed by atoms with van der Waals surface area (Å²) < 4.78 is 10.6. The molecule has 0 bridgehead atoms. The molecule has 6 nitrogen and oxygen atoms in total. The first-order chi connectivity index (χ1) is 9.70. The first-order valence-electron chi connectivity index (χ1n) is 5.78. The average molecular weight is 272 g/mol. The van der Waals surface area contributed by atoms with Gasteiger partial charge in [-0.1, -0.05) is 18.2 Å². The maximum absolute atomic E-state index is 11.1. The molecule has 2 aromatic carbocycles. The van der Waals surface area contributed by atoms with Gasteiger partial charge in [0.2, 0.25) is 12.7 Å². The van der Waals surface area contributed by atoms with Gasteiger partial charge >= 0.3 is 0 Å². The van der Waals surface area contributed by atoms with E-state index in [1.54, 1.807) is 12.1 Å². The summed E-state index contributed by atoms with van der Waals surface area (Å²) in [6, 6.07) is 13.2. The lowest BCUT2D eigenvalue weighted by atomic mass is 10.2. The third kappa shape index (κ3) is 3.32. The largest absolute Gasteiger partial charge is 0.458 e. The van der Waals surface area contributed by atoms with Gasteiger partial charge in [0.25, 0.3) is 0 Å². The van der Waals surface area contributed by atoms with Crippen LogP contribution in [0.2, 0.25) is 0 Å². The first-order valence-corrected chi connectivity index (χ1v) is 5.78. The topological polar surface area (TPSA) is 91.0 Å². The van der Waals surface area contributed by atoms with Gasteiger partial charge in [-0.2, -0.15) is 0 Å². The highest BCUT2D eigenvalue weighted by Gasteiger charge is 2.09. The summed E-state index contributed by atoms with van der Waals surface area (Å²) in [6.07, 6.45) is 0. The van der Waals surface area contributed by atoms with Crippen LogP contribution in [0.3, 0.4) is 0 Å². The van der Waals surface area contributed by atoms with Crippen molar-refractivity contribution in [3.8, 4) is 11.5 Å². The Morgan fingerprint density at radius 2 is 1.85 bits per heavy atom. The van der Waals surface area contributed by atoms with Crippen LogP contribution in [-0.2, 0) is 0 Å². The average Bonchev–Trinajstić information content (AvgIpc) is 2.48.